The topological polar surface area (TPSA) is 86.1 Å². The number of aryl methyl sites for hydroxylation is 1. The van der Waals surface area contributed by atoms with Crippen LogP contribution in [0, 0.1) is 6.92 Å². The van der Waals surface area contributed by atoms with Crippen LogP contribution in [0.5, 0.6) is 0 Å². The van der Waals surface area contributed by atoms with E-state index in [1.807, 2.05) is 27.7 Å². The molecule has 1 N–H and O–H groups in total. The molecule has 0 aliphatic heterocycles. The average Bonchev–Trinajstić information content (AvgIpc) is 2.54. The van der Waals surface area contributed by atoms with Crippen molar-refractivity contribution >= 4 is 28.7 Å². The van der Waals surface area contributed by atoms with Crippen molar-refractivity contribution in [3.63, 3.8) is 0 Å². The molecule has 1 amide bonds. The van der Waals surface area contributed by atoms with Gasteiger partial charge in [0.25, 0.3) is 5.56 Å². The van der Waals surface area contributed by atoms with Crippen molar-refractivity contribution in [2.75, 3.05) is 0 Å². The molecule has 2 aromatic rings. The van der Waals surface area contributed by atoms with E-state index in [1.165, 1.54) is 0 Å². The summed E-state index contributed by atoms with van der Waals surface area (Å²) in [6.45, 7) is 7.38. The van der Waals surface area contributed by atoms with Gasteiger partial charge in [-0.05, 0) is 70.5 Å². The van der Waals surface area contributed by atoms with E-state index in [9.17, 15) is 9.59 Å². The Kier molecular flexibility index (Phi) is 5.42. The molecule has 146 valence electrons. The Hall–Kier alpha value is -2.15. The molecular formula is C19H25ClN4O3. The molecule has 7 nitrogen and oxygen atoms in total. The number of alkyl carbamates (subject to hydrolysis) is 1. The number of carbonyl (C=O) groups excluding carboxylic acids is 1. The number of halogens is 1. The van der Waals surface area contributed by atoms with Crippen molar-refractivity contribution in [1.82, 2.24) is 19.9 Å². The highest BCUT2D eigenvalue weighted by molar-refractivity contribution is 6.28. The maximum Gasteiger partial charge on any atom is 0.407 e. The fraction of sp³-hybridized carbons (Fsp3) is 0.579. The molecule has 0 radical (unpaired) electrons. The Labute approximate surface area is 163 Å². The van der Waals surface area contributed by atoms with Gasteiger partial charge in [-0.15, -0.1) is 0 Å². The Morgan fingerprint density at radius 2 is 1.96 bits per heavy atom. The number of fused-ring (bicyclic) bond motifs is 1. The first-order valence-corrected chi connectivity index (χ1v) is 9.56. The molecule has 27 heavy (non-hydrogen) atoms. The highest BCUT2D eigenvalue weighted by Crippen LogP contribution is 2.30. The fourth-order valence-electron chi connectivity index (χ4n) is 3.56. The number of pyridine rings is 1. The quantitative estimate of drug-likeness (QED) is 0.786. The van der Waals surface area contributed by atoms with Crippen molar-refractivity contribution in [3.8, 4) is 0 Å². The van der Waals surface area contributed by atoms with E-state index in [0.29, 0.717) is 5.65 Å². The number of rotatable bonds is 2. The first kappa shape index (κ1) is 19.6. The lowest BCUT2D eigenvalue weighted by Gasteiger charge is -2.31. The number of nitrogens with zero attached hydrogens (tertiary/aromatic N) is 3. The minimum atomic E-state index is -0.519. The van der Waals surface area contributed by atoms with Crippen molar-refractivity contribution in [2.45, 2.75) is 71.1 Å². The highest BCUT2D eigenvalue weighted by Gasteiger charge is 2.27. The molecule has 0 saturated heterocycles. The lowest BCUT2D eigenvalue weighted by Crippen LogP contribution is -2.41. The van der Waals surface area contributed by atoms with Crippen LogP contribution in [-0.2, 0) is 4.74 Å². The SMILES string of the molecule is Cc1cc(=O)n([C@H]2CC[C@H](NC(=O)OC(C)(C)C)CC2)c2nc(Cl)ncc12. The van der Waals surface area contributed by atoms with Gasteiger partial charge in [0.2, 0.25) is 5.28 Å². The minimum absolute atomic E-state index is 0.0169. The van der Waals surface area contributed by atoms with E-state index in [2.05, 4.69) is 15.3 Å². The zero-order valence-electron chi connectivity index (χ0n) is 16.1. The molecule has 1 fully saturated rings. The fourth-order valence-corrected chi connectivity index (χ4v) is 3.69. The smallest absolute Gasteiger partial charge is 0.407 e. The van der Waals surface area contributed by atoms with E-state index in [4.69, 9.17) is 16.3 Å². The van der Waals surface area contributed by atoms with Crippen LogP contribution in [0.25, 0.3) is 11.0 Å². The summed E-state index contributed by atoms with van der Waals surface area (Å²) in [7, 11) is 0. The van der Waals surface area contributed by atoms with Crippen molar-refractivity contribution < 1.29 is 9.53 Å². The van der Waals surface area contributed by atoms with E-state index >= 15 is 0 Å². The summed E-state index contributed by atoms with van der Waals surface area (Å²) in [6, 6.07) is 1.68. The second-order valence-corrected chi connectivity index (χ2v) is 8.40. The third kappa shape index (κ3) is 4.58. The lowest BCUT2D eigenvalue weighted by atomic mass is 9.90. The van der Waals surface area contributed by atoms with Crippen LogP contribution in [0.1, 0.15) is 58.1 Å². The monoisotopic (exact) mass is 392 g/mol. The van der Waals surface area contributed by atoms with Crippen LogP contribution in [-0.4, -0.2) is 32.3 Å². The first-order valence-electron chi connectivity index (χ1n) is 9.18. The number of carbonyl (C=O) groups is 1. The second kappa shape index (κ2) is 7.46. The van der Waals surface area contributed by atoms with Crippen LogP contribution >= 0.6 is 11.6 Å². The molecule has 1 aliphatic carbocycles. The lowest BCUT2D eigenvalue weighted by molar-refractivity contribution is 0.0488. The summed E-state index contributed by atoms with van der Waals surface area (Å²) in [5.74, 6) is 0. The highest BCUT2D eigenvalue weighted by atomic mass is 35.5. The Balaban J connectivity index is 1.76. The van der Waals surface area contributed by atoms with Crippen molar-refractivity contribution in [3.05, 3.63) is 33.5 Å². The van der Waals surface area contributed by atoms with Gasteiger partial charge in [0.05, 0.1) is 0 Å². The van der Waals surface area contributed by atoms with Gasteiger partial charge in [-0.2, -0.15) is 4.98 Å². The number of hydrogen-bond acceptors (Lipinski definition) is 5. The van der Waals surface area contributed by atoms with Gasteiger partial charge in [-0.3, -0.25) is 9.36 Å². The average molecular weight is 393 g/mol. The van der Waals surface area contributed by atoms with Crippen LogP contribution in [0.15, 0.2) is 17.1 Å². The molecule has 8 heteroatoms. The maximum atomic E-state index is 12.7. The Morgan fingerprint density at radius 3 is 2.59 bits per heavy atom. The summed E-state index contributed by atoms with van der Waals surface area (Å²) < 4.78 is 7.04. The Morgan fingerprint density at radius 1 is 1.30 bits per heavy atom. The van der Waals surface area contributed by atoms with Gasteiger partial charge in [0.15, 0.2) is 0 Å². The van der Waals surface area contributed by atoms with Gasteiger partial charge in [0, 0.05) is 29.7 Å². The first-order chi connectivity index (χ1) is 12.6. The van der Waals surface area contributed by atoms with Crippen LogP contribution in [0.3, 0.4) is 0 Å². The molecule has 1 aliphatic rings. The minimum Gasteiger partial charge on any atom is -0.444 e. The maximum absolute atomic E-state index is 12.7. The van der Waals surface area contributed by atoms with Gasteiger partial charge in [-0.1, -0.05) is 0 Å². The van der Waals surface area contributed by atoms with E-state index < -0.39 is 11.7 Å². The van der Waals surface area contributed by atoms with E-state index in [1.54, 1.807) is 16.8 Å². The number of nitrogens with one attached hydrogen (secondary N) is 1. The normalized spacial score (nSPS) is 20.5. The van der Waals surface area contributed by atoms with Gasteiger partial charge in [0.1, 0.15) is 11.2 Å². The van der Waals surface area contributed by atoms with Gasteiger partial charge >= 0.3 is 6.09 Å². The van der Waals surface area contributed by atoms with Crippen LogP contribution < -0.4 is 10.9 Å². The van der Waals surface area contributed by atoms with Crippen molar-refractivity contribution in [1.29, 1.82) is 0 Å². The van der Waals surface area contributed by atoms with E-state index in [-0.39, 0.29) is 22.9 Å². The van der Waals surface area contributed by atoms with Gasteiger partial charge < -0.3 is 10.1 Å². The summed E-state index contributed by atoms with van der Waals surface area (Å²) in [4.78, 5) is 33.0. The van der Waals surface area contributed by atoms with Crippen molar-refractivity contribution in [2.24, 2.45) is 0 Å². The largest absolute Gasteiger partial charge is 0.444 e. The predicted octanol–water partition coefficient (Wildman–Crippen LogP) is 3.76. The molecule has 2 heterocycles. The third-order valence-electron chi connectivity index (χ3n) is 4.75. The number of hydrogen-bond donors (Lipinski definition) is 1. The molecule has 0 spiro atoms. The summed E-state index contributed by atoms with van der Waals surface area (Å²) in [5.41, 5.74) is 0.805. The molecule has 3 rings (SSSR count). The molecular weight excluding hydrogens is 368 g/mol. The molecule has 1 saturated carbocycles. The zero-order valence-corrected chi connectivity index (χ0v) is 16.8. The number of aromatic nitrogens is 3. The molecule has 0 aromatic carbocycles. The summed E-state index contributed by atoms with van der Waals surface area (Å²) >= 11 is 5.97. The molecule has 0 unspecified atom stereocenters. The second-order valence-electron chi connectivity index (χ2n) is 8.06. The molecule has 2 aromatic heterocycles. The predicted molar refractivity (Wildman–Crippen MR) is 104 cm³/mol. The zero-order chi connectivity index (χ0) is 19.8. The van der Waals surface area contributed by atoms with Gasteiger partial charge in [-0.25, -0.2) is 9.78 Å². The van der Waals surface area contributed by atoms with Crippen LogP contribution in [0.4, 0.5) is 4.79 Å². The summed E-state index contributed by atoms with van der Waals surface area (Å²) in [5, 5.41) is 3.88. The van der Waals surface area contributed by atoms with Crippen LogP contribution in [0.2, 0.25) is 5.28 Å². The third-order valence-corrected chi connectivity index (χ3v) is 4.93. The molecule has 0 bridgehead atoms. The van der Waals surface area contributed by atoms with E-state index in [0.717, 1.165) is 36.6 Å². The summed E-state index contributed by atoms with van der Waals surface area (Å²) in [6.07, 6.45) is 4.32. The number of amides is 1. The number of ether oxygens (including phenoxy) is 1. The Bertz CT molecular complexity index is 912. The standard InChI is InChI=1S/C19H25ClN4O3/c1-11-9-15(25)24(16-14(11)10-21-17(20)23-16)13-7-5-12(6-8-13)22-18(26)27-19(2,3)4/h9-10,12-13H,5-8H2,1-4H3,(H,22,26)/t12-,13-. The molecule has 0 atom stereocenters.